The average Bonchev–Trinajstić information content (AvgIpc) is 2.01. The van der Waals surface area contributed by atoms with Crippen LogP contribution in [0.15, 0.2) is 0 Å². The summed E-state index contributed by atoms with van der Waals surface area (Å²) in [7, 11) is 1.32. The monoisotopic (exact) mass is 239 g/mol. The standard InChI is InChI=1S/C7H13NO3Se/c1-5(9)8-6(4-12-3)7(10)11-2/h6H,4H2,1-3H3,(H,8,9). The van der Waals surface area contributed by atoms with E-state index in [1.165, 1.54) is 14.0 Å². The Balaban J connectivity index is 4.02. The van der Waals surface area contributed by atoms with E-state index < -0.39 is 6.04 Å². The molecule has 0 aliphatic carbocycles. The average molecular weight is 238 g/mol. The van der Waals surface area contributed by atoms with Crippen molar-refractivity contribution in [3.8, 4) is 0 Å². The second-order valence-electron chi connectivity index (χ2n) is 2.23. The minimum atomic E-state index is -0.461. The summed E-state index contributed by atoms with van der Waals surface area (Å²) >= 11 is 0.349. The zero-order valence-electron chi connectivity index (χ0n) is 7.42. The Morgan fingerprint density at radius 2 is 2.17 bits per heavy atom. The predicted molar refractivity (Wildman–Crippen MR) is 46.0 cm³/mol. The van der Waals surface area contributed by atoms with Crippen molar-refractivity contribution >= 4 is 26.8 Å². The molecule has 1 atom stereocenters. The van der Waals surface area contributed by atoms with Gasteiger partial charge in [-0.05, 0) is 0 Å². The minimum absolute atomic E-state index is 0.199. The Morgan fingerprint density at radius 1 is 1.58 bits per heavy atom. The van der Waals surface area contributed by atoms with Crippen LogP contribution in [0.5, 0.6) is 0 Å². The van der Waals surface area contributed by atoms with E-state index in [2.05, 4.69) is 10.1 Å². The number of esters is 1. The van der Waals surface area contributed by atoms with Gasteiger partial charge >= 0.3 is 77.7 Å². The van der Waals surface area contributed by atoms with E-state index >= 15 is 0 Å². The predicted octanol–water partition coefficient (Wildman–Crippen LogP) is -0.165. The molecule has 5 heteroatoms. The van der Waals surface area contributed by atoms with Crippen LogP contribution < -0.4 is 5.32 Å². The Kier molecular flexibility index (Phi) is 5.76. The van der Waals surface area contributed by atoms with E-state index in [4.69, 9.17) is 0 Å². The summed E-state index contributed by atoms with van der Waals surface area (Å²) in [5.41, 5.74) is 0. The van der Waals surface area contributed by atoms with Gasteiger partial charge in [0.2, 0.25) is 0 Å². The summed E-state index contributed by atoms with van der Waals surface area (Å²) in [5, 5.41) is 3.21. The fourth-order valence-electron chi connectivity index (χ4n) is 0.723. The number of nitrogens with one attached hydrogen (secondary N) is 1. The van der Waals surface area contributed by atoms with Gasteiger partial charge in [0, 0.05) is 0 Å². The molecule has 0 radical (unpaired) electrons. The first kappa shape index (κ1) is 11.5. The summed E-state index contributed by atoms with van der Waals surface area (Å²) in [6.07, 6.45) is 0. The number of hydrogen-bond acceptors (Lipinski definition) is 3. The van der Waals surface area contributed by atoms with E-state index in [1.807, 2.05) is 5.82 Å². The van der Waals surface area contributed by atoms with E-state index in [9.17, 15) is 9.59 Å². The molecule has 70 valence electrons. The first-order valence-corrected chi connectivity index (χ1v) is 6.38. The van der Waals surface area contributed by atoms with Crippen LogP contribution >= 0.6 is 0 Å². The molecule has 0 saturated carbocycles. The molecule has 0 saturated heterocycles. The van der Waals surface area contributed by atoms with Crippen molar-refractivity contribution < 1.29 is 14.3 Å². The first-order valence-electron chi connectivity index (χ1n) is 3.45. The third-order valence-corrected chi connectivity index (χ3v) is 2.60. The van der Waals surface area contributed by atoms with Crippen LogP contribution in [0.4, 0.5) is 0 Å². The summed E-state index contributed by atoms with van der Waals surface area (Å²) < 4.78 is 4.52. The molecule has 4 nitrogen and oxygen atoms in total. The van der Waals surface area contributed by atoms with Crippen LogP contribution in [0.3, 0.4) is 0 Å². The zero-order valence-corrected chi connectivity index (χ0v) is 9.13. The number of carbonyl (C=O) groups excluding carboxylic acids is 2. The molecule has 1 N–H and O–H groups in total. The van der Waals surface area contributed by atoms with Gasteiger partial charge in [-0.1, -0.05) is 0 Å². The van der Waals surface area contributed by atoms with Crippen LogP contribution in [0.2, 0.25) is 11.1 Å². The molecule has 1 unspecified atom stereocenters. The number of hydrogen-bond donors (Lipinski definition) is 1. The van der Waals surface area contributed by atoms with Gasteiger partial charge in [-0.15, -0.1) is 0 Å². The second-order valence-corrected chi connectivity index (χ2v) is 4.14. The van der Waals surface area contributed by atoms with Crippen molar-refractivity contribution in [3.05, 3.63) is 0 Å². The molecule has 0 aliphatic heterocycles. The molecular weight excluding hydrogens is 225 g/mol. The fraction of sp³-hybridized carbons (Fsp3) is 0.714. The second kappa shape index (κ2) is 6.03. The molecular formula is C7H13NO3Se. The van der Waals surface area contributed by atoms with Gasteiger partial charge in [0.15, 0.2) is 0 Å². The maximum atomic E-state index is 11.0. The summed E-state index contributed by atoms with van der Waals surface area (Å²) in [4.78, 5) is 21.6. The van der Waals surface area contributed by atoms with E-state index in [-0.39, 0.29) is 11.9 Å². The fourth-order valence-corrected chi connectivity index (χ4v) is 1.88. The van der Waals surface area contributed by atoms with Gasteiger partial charge in [-0.3, -0.25) is 0 Å². The molecule has 0 aromatic rings. The molecule has 0 fully saturated rings. The number of ether oxygens (including phenoxy) is 1. The molecule has 12 heavy (non-hydrogen) atoms. The number of amides is 1. The molecule has 0 rings (SSSR count). The topological polar surface area (TPSA) is 55.4 Å². The quantitative estimate of drug-likeness (QED) is 0.546. The van der Waals surface area contributed by atoms with Crippen LogP contribution in [0, 0.1) is 0 Å². The normalized spacial score (nSPS) is 11.9. The van der Waals surface area contributed by atoms with E-state index in [1.54, 1.807) is 0 Å². The number of rotatable bonds is 4. The zero-order chi connectivity index (χ0) is 9.56. The Labute approximate surface area is 78.2 Å². The Bertz CT molecular complexity index is 172. The van der Waals surface area contributed by atoms with Crippen molar-refractivity contribution in [2.45, 2.75) is 24.1 Å². The van der Waals surface area contributed by atoms with Gasteiger partial charge in [0.1, 0.15) is 0 Å². The Morgan fingerprint density at radius 3 is 2.50 bits per heavy atom. The summed E-state index contributed by atoms with van der Waals surface area (Å²) in [5.74, 6) is 1.44. The summed E-state index contributed by atoms with van der Waals surface area (Å²) in [6, 6.07) is -0.461. The summed E-state index contributed by atoms with van der Waals surface area (Å²) in [6.45, 7) is 1.39. The molecule has 0 heterocycles. The van der Waals surface area contributed by atoms with Gasteiger partial charge in [0.25, 0.3) is 0 Å². The van der Waals surface area contributed by atoms with E-state index in [0.717, 1.165) is 0 Å². The van der Waals surface area contributed by atoms with Crippen LogP contribution in [0.1, 0.15) is 6.92 Å². The molecule has 0 spiro atoms. The first-order chi connectivity index (χ1) is 5.61. The Hall–Kier alpha value is -0.541. The molecule has 0 aromatic heterocycles. The van der Waals surface area contributed by atoms with Crippen molar-refractivity contribution in [1.82, 2.24) is 5.32 Å². The SMILES string of the molecule is COC(=O)C(C[Se]C)NC(C)=O. The van der Waals surface area contributed by atoms with E-state index in [0.29, 0.717) is 20.3 Å². The molecule has 0 aromatic carbocycles. The van der Waals surface area contributed by atoms with Crippen molar-refractivity contribution in [3.63, 3.8) is 0 Å². The molecule has 1 amide bonds. The van der Waals surface area contributed by atoms with Gasteiger partial charge in [0.05, 0.1) is 0 Å². The van der Waals surface area contributed by atoms with Crippen molar-refractivity contribution in [2.24, 2.45) is 0 Å². The van der Waals surface area contributed by atoms with Crippen LogP contribution in [-0.2, 0) is 14.3 Å². The van der Waals surface area contributed by atoms with Crippen molar-refractivity contribution in [1.29, 1.82) is 0 Å². The van der Waals surface area contributed by atoms with Gasteiger partial charge < -0.3 is 0 Å². The maximum absolute atomic E-state index is 11.0. The van der Waals surface area contributed by atoms with Crippen LogP contribution in [0.25, 0.3) is 0 Å². The third kappa shape index (κ3) is 4.36. The van der Waals surface area contributed by atoms with Crippen LogP contribution in [-0.4, -0.2) is 40.0 Å². The third-order valence-electron chi connectivity index (χ3n) is 1.20. The number of carbonyl (C=O) groups is 2. The molecule has 0 bridgehead atoms. The van der Waals surface area contributed by atoms with Crippen molar-refractivity contribution in [2.75, 3.05) is 7.11 Å². The van der Waals surface area contributed by atoms with Gasteiger partial charge in [-0.25, -0.2) is 0 Å². The van der Waals surface area contributed by atoms with Gasteiger partial charge in [-0.2, -0.15) is 0 Å². The molecule has 0 aliphatic rings. The number of methoxy groups -OCH3 is 1.